The minimum absolute atomic E-state index is 0.257. The van der Waals surface area contributed by atoms with E-state index in [4.69, 9.17) is 11.6 Å². The van der Waals surface area contributed by atoms with Crippen LogP contribution in [0.5, 0.6) is 0 Å². The van der Waals surface area contributed by atoms with Gasteiger partial charge in [0.15, 0.2) is 0 Å². The zero-order chi connectivity index (χ0) is 17.9. The number of benzene rings is 1. The zero-order valence-electron chi connectivity index (χ0n) is 14.8. The van der Waals surface area contributed by atoms with E-state index in [1.54, 1.807) is 11.3 Å². The van der Waals surface area contributed by atoms with Crippen LogP contribution in [-0.2, 0) is 4.79 Å². The molecule has 0 radical (unpaired) electrons. The van der Waals surface area contributed by atoms with Gasteiger partial charge >= 0.3 is 0 Å². The van der Waals surface area contributed by atoms with Crippen molar-refractivity contribution in [2.75, 3.05) is 44.2 Å². The smallest absolute Gasteiger partial charge is 0.236 e. The number of piperazine rings is 1. The molecular weight excluding hydrogens is 366 g/mol. The molecule has 3 heterocycles. The van der Waals surface area contributed by atoms with Crippen molar-refractivity contribution in [3.8, 4) is 0 Å². The third-order valence-corrected chi connectivity index (χ3v) is 6.69. The number of hydrogen-bond donors (Lipinski definition) is 0. The van der Waals surface area contributed by atoms with E-state index in [0.717, 1.165) is 49.9 Å². The first-order chi connectivity index (χ1) is 12.7. The third kappa shape index (κ3) is 3.75. The largest absolute Gasteiger partial charge is 0.367 e. The fraction of sp³-hybridized carbons (Fsp3) is 0.450. The van der Waals surface area contributed by atoms with E-state index in [1.807, 2.05) is 23.1 Å². The number of anilines is 1. The standard InChI is InChI=1S/C20H24ClN3OS/c21-16-5-1-2-6-17(16)22-10-12-23(13-11-22)20(25)15-24-9-3-7-18(24)19-8-4-14-26-19/h1-2,4-6,8,14,18H,3,7,9-13,15H2. The molecule has 0 bridgehead atoms. The van der Waals surface area contributed by atoms with Crippen LogP contribution in [0.2, 0.25) is 5.02 Å². The summed E-state index contributed by atoms with van der Waals surface area (Å²) in [4.78, 5) is 20.9. The molecule has 26 heavy (non-hydrogen) atoms. The monoisotopic (exact) mass is 389 g/mol. The average molecular weight is 390 g/mol. The van der Waals surface area contributed by atoms with Gasteiger partial charge in [-0.15, -0.1) is 11.3 Å². The van der Waals surface area contributed by atoms with E-state index in [-0.39, 0.29) is 5.91 Å². The summed E-state index contributed by atoms with van der Waals surface area (Å²) in [6.45, 7) is 4.76. The second kappa shape index (κ2) is 7.99. The van der Waals surface area contributed by atoms with Crippen LogP contribution in [0.4, 0.5) is 5.69 Å². The highest BCUT2D eigenvalue weighted by atomic mass is 35.5. The van der Waals surface area contributed by atoms with Crippen LogP contribution in [0.3, 0.4) is 0 Å². The van der Waals surface area contributed by atoms with Gasteiger partial charge in [-0.1, -0.05) is 29.8 Å². The molecule has 0 saturated carbocycles. The van der Waals surface area contributed by atoms with E-state index < -0.39 is 0 Å². The van der Waals surface area contributed by atoms with Crippen LogP contribution in [0.1, 0.15) is 23.8 Å². The Labute approximate surface area is 164 Å². The van der Waals surface area contributed by atoms with Gasteiger partial charge in [0.25, 0.3) is 0 Å². The molecule has 0 spiro atoms. The topological polar surface area (TPSA) is 26.8 Å². The Morgan fingerprint density at radius 1 is 1.08 bits per heavy atom. The van der Waals surface area contributed by atoms with Crippen molar-refractivity contribution in [1.82, 2.24) is 9.80 Å². The van der Waals surface area contributed by atoms with Gasteiger partial charge in [0.1, 0.15) is 0 Å². The molecule has 1 aromatic carbocycles. The number of thiophene rings is 1. The molecule has 1 unspecified atom stereocenters. The number of likely N-dealkylation sites (tertiary alicyclic amines) is 1. The normalized spacial score (nSPS) is 21.3. The number of carbonyl (C=O) groups excluding carboxylic acids is 1. The Morgan fingerprint density at radius 2 is 1.88 bits per heavy atom. The number of rotatable bonds is 4. The molecule has 2 saturated heterocycles. The molecule has 1 aromatic heterocycles. The summed E-state index contributed by atoms with van der Waals surface area (Å²) < 4.78 is 0. The second-order valence-corrected chi connectivity index (χ2v) is 8.35. The van der Waals surface area contributed by atoms with Gasteiger partial charge in [-0.25, -0.2) is 0 Å². The number of hydrogen-bond acceptors (Lipinski definition) is 4. The maximum absolute atomic E-state index is 12.8. The maximum atomic E-state index is 12.8. The lowest BCUT2D eigenvalue weighted by atomic mass is 10.2. The Hall–Kier alpha value is -1.56. The van der Waals surface area contributed by atoms with E-state index in [2.05, 4.69) is 33.4 Å². The number of carbonyl (C=O) groups is 1. The Kier molecular flexibility index (Phi) is 5.48. The van der Waals surface area contributed by atoms with Gasteiger partial charge in [-0.05, 0) is 43.0 Å². The van der Waals surface area contributed by atoms with Gasteiger partial charge in [-0.3, -0.25) is 9.69 Å². The van der Waals surface area contributed by atoms with Crippen molar-refractivity contribution >= 4 is 34.5 Å². The molecule has 2 aromatic rings. The third-order valence-electron chi connectivity index (χ3n) is 5.40. The predicted molar refractivity (Wildman–Crippen MR) is 108 cm³/mol. The van der Waals surface area contributed by atoms with Crippen molar-refractivity contribution in [1.29, 1.82) is 0 Å². The first kappa shape index (κ1) is 17.8. The average Bonchev–Trinajstić information content (AvgIpc) is 3.33. The van der Waals surface area contributed by atoms with E-state index in [9.17, 15) is 4.79 Å². The summed E-state index contributed by atoms with van der Waals surface area (Å²) in [5.74, 6) is 0.257. The highest BCUT2D eigenvalue weighted by Crippen LogP contribution is 2.34. The maximum Gasteiger partial charge on any atom is 0.236 e. The van der Waals surface area contributed by atoms with E-state index >= 15 is 0 Å². The molecule has 1 amide bonds. The van der Waals surface area contributed by atoms with Gasteiger partial charge < -0.3 is 9.80 Å². The molecule has 2 aliphatic heterocycles. The predicted octanol–water partition coefficient (Wildman–Crippen LogP) is 3.89. The fourth-order valence-corrected chi connectivity index (χ4v) is 5.15. The van der Waals surface area contributed by atoms with Crippen molar-refractivity contribution in [3.05, 3.63) is 51.7 Å². The molecule has 0 N–H and O–H groups in total. The first-order valence-corrected chi connectivity index (χ1v) is 10.5. The van der Waals surface area contributed by atoms with Crippen molar-refractivity contribution in [2.24, 2.45) is 0 Å². The number of nitrogens with zero attached hydrogens (tertiary/aromatic N) is 3. The Balaban J connectivity index is 1.33. The number of para-hydroxylation sites is 1. The van der Waals surface area contributed by atoms with Crippen molar-refractivity contribution < 1.29 is 4.79 Å². The molecule has 1 atom stereocenters. The molecule has 6 heteroatoms. The lowest BCUT2D eigenvalue weighted by molar-refractivity contribution is -0.132. The minimum Gasteiger partial charge on any atom is -0.367 e. The molecule has 138 valence electrons. The van der Waals surface area contributed by atoms with Crippen LogP contribution in [0.25, 0.3) is 0 Å². The quantitative estimate of drug-likeness (QED) is 0.793. The summed E-state index contributed by atoms with van der Waals surface area (Å²) in [6.07, 6.45) is 2.34. The van der Waals surface area contributed by atoms with E-state index in [1.165, 1.54) is 11.3 Å². The zero-order valence-corrected chi connectivity index (χ0v) is 16.4. The Morgan fingerprint density at radius 3 is 2.62 bits per heavy atom. The van der Waals surface area contributed by atoms with Gasteiger partial charge in [0.05, 0.1) is 17.3 Å². The van der Waals surface area contributed by atoms with Gasteiger partial charge in [-0.2, -0.15) is 0 Å². The Bertz CT molecular complexity index is 743. The molecule has 2 fully saturated rings. The van der Waals surface area contributed by atoms with Crippen molar-refractivity contribution in [3.63, 3.8) is 0 Å². The summed E-state index contributed by atoms with van der Waals surface area (Å²) in [5.41, 5.74) is 1.07. The van der Waals surface area contributed by atoms with Gasteiger partial charge in [0.2, 0.25) is 5.91 Å². The van der Waals surface area contributed by atoms with Gasteiger partial charge in [0, 0.05) is 37.1 Å². The lowest BCUT2D eigenvalue weighted by Crippen LogP contribution is -2.51. The van der Waals surface area contributed by atoms with Crippen LogP contribution >= 0.6 is 22.9 Å². The molecule has 4 nitrogen and oxygen atoms in total. The van der Waals surface area contributed by atoms with E-state index in [0.29, 0.717) is 12.6 Å². The summed E-state index contributed by atoms with van der Waals surface area (Å²) in [6, 6.07) is 12.7. The van der Waals surface area contributed by atoms with Crippen molar-refractivity contribution in [2.45, 2.75) is 18.9 Å². The first-order valence-electron chi connectivity index (χ1n) is 9.27. The summed E-state index contributed by atoms with van der Waals surface area (Å²) in [5, 5.41) is 2.91. The number of amides is 1. The molecule has 4 rings (SSSR count). The molecular formula is C20H24ClN3OS. The van der Waals surface area contributed by atoms with Crippen LogP contribution < -0.4 is 4.90 Å². The summed E-state index contributed by atoms with van der Waals surface area (Å²) in [7, 11) is 0. The number of halogens is 1. The minimum atomic E-state index is 0.257. The lowest BCUT2D eigenvalue weighted by Gasteiger charge is -2.37. The fourth-order valence-electron chi connectivity index (χ4n) is 4.00. The highest BCUT2D eigenvalue weighted by molar-refractivity contribution is 7.10. The highest BCUT2D eigenvalue weighted by Gasteiger charge is 2.30. The second-order valence-electron chi connectivity index (χ2n) is 6.96. The molecule has 2 aliphatic rings. The SMILES string of the molecule is O=C(CN1CCCC1c1cccs1)N1CCN(c2ccccc2Cl)CC1. The summed E-state index contributed by atoms with van der Waals surface area (Å²) >= 11 is 8.11. The molecule has 0 aliphatic carbocycles. The van der Waals surface area contributed by atoms with Crippen LogP contribution in [0.15, 0.2) is 41.8 Å². The van der Waals surface area contributed by atoms with Crippen LogP contribution in [0, 0.1) is 0 Å². The van der Waals surface area contributed by atoms with Crippen LogP contribution in [-0.4, -0.2) is 55.0 Å².